The second-order valence-corrected chi connectivity index (χ2v) is 8.64. The highest BCUT2D eigenvalue weighted by molar-refractivity contribution is 7.79. The zero-order valence-corrected chi connectivity index (χ0v) is 17.3. The minimum Gasteiger partial charge on any atom is -0.362 e. The molecule has 0 bridgehead atoms. The van der Waals surface area contributed by atoms with Crippen molar-refractivity contribution in [1.82, 2.24) is 0 Å². The first-order valence-corrected chi connectivity index (χ1v) is 10.7. The number of rotatable bonds is 5. The summed E-state index contributed by atoms with van der Waals surface area (Å²) in [4.78, 5) is 2.72. The van der Waals surface area contributed by atoms with Crippen LogP contribution in [-0.2, 0) is 16.5 Å². The lowest BCUT2D eigenvalue weighted by atomic mass is 9.80. The molecule has 5 heteroatoms. The van der Waals surface area contributed by atoms with Crippen molar-refractivity contribution in [2.75, 3.05) is 10.2 Å². The lowest BCUT2D eigenvalue weighted by molar-refractivity contribution is 0.494. The van der Waals surface area contributed by atoms with E-state index in [0.717, 1.165) is 22.6 Å². The summed E-state index contributed by atoms with van der Waals surface area (Å²) in [5.41, 5.74) is 3.99. The molecule has 2 unspecified atom stereocenters. The Bertz CT molecular complexity index is 1050. The zero-order valence-electron chi connectivity index (χ0n) is 16.4. The smallest absolute Gasteiger partial charge is 0.186 e. The quantitative estimate of drug-likeness (QED) is 0.536. The van der Waals surface area contributed by atoms with Gasteiger partial charge in [0.25, 0.3) is 0 Å². The molecule has 0 amide bonds. The van der Waals surface area contributed by atoms with Gasteiger partial charge in [0.1, 0.15) is 0 Å². The fourth-order valence-electron chi connectivity index (χ4n) is 3.97. The van der Waals surface area contributed by atoms with Gasteiger partial charge in [-0.05, 0) is 60.3 Å². The molecule has 0 aliphatic carbocycles. The average Bonchev–Trinajstić information content (AvgIpc) is 2.96. The van der Waals surface area contributed by atoms with Gasteiger partial charge >= 0.3 is 0 Å². The Morgan fingerprint density at radius 1 is 1.00 bits per heavy atom. The standard InChI is InChI=1S/C24H24N2O2S/c1-24(2)21-17-20(29(27)28)13-14-22(21)26(19-11-7-4-8-12-19)23(24)15-16-25-18-9-5-3-6-10-18/h3-17,23,25H,1-2H3,(H,27,28)/b16-15+. The molecule has 0 saturated heterocycles. The first kappa shape index (κ1) is 19.4. The Hall–Kier alpha value is -2.89. The molecule has 29 heavy (non-hydrogen) atoms. The van der Waals surface area contributed by atoms with Crippen LogP contribution in [0, 0.1) is 0 Å². The van der Waals surface area contributed by atoms with Crippen molar-refractivity contribution in [3.63, 3.8) is 0 Å². The molecular weight excluding hydrogens is 380 g/mol. The molecule has 0 saturated carbocycles. The summed E-state index contributed by atoms with van der Waals surface area (Å²) in [6, 6.07) is 25.9. The highest BCUT2D eigenvalue weighted by Gasteiger charge is 2.44. The van der Waals surface area contributed by atoms with Gasteiger partial charge in [-0.3, -0.25) is 0 Å². The summed E-state index contributed by atoms with van der Waals surface area (Å²) >= 11 is -2.00. The number of fused-ring (bicyclic) bond motifs is 1. The van der Waals surface area contributed by atoms with Gasteiger partial charge in [0, 0.05) is 22.5 Å². The Morgan fingerprint density at radius 3 is 2.31 bits per heavy atom. The zero-order chi connectivity index (χ0) is 20.4. The summed E-state index contributed by atoms with van der Waals surface area (Å²) < 4.78 is 21.2. The third kappa shape index (κ3) is 3.71. The number of nitrogens with zero attached hydrogens (tertiary/aromatic N) is 1. The van der Waals surface area contributed by atoms with E-state index >= 15 is 0 Å². The summed E-state index contributed by atoms with van der Waals surface area (Å²) in [6.07, 6.45) is 4.14. The van der Waals surface area contributed by atoms with E-state index in [2.05, 4.69) is 42.3 Å². The maximum Gasteiger partial charge on any atom is 0.186 e. The lowest BCUT2D eigenvalue weighted by Gasteiger charge is -2.32. The van der Waals surface area contributed by atoms with Crippen LogP contribution in [0.25, 0.3) is 0 Å². The minimum atomic E-state index is -2.00. The molecule has 0 fully saturated rings. The topological polar surface area (TPSA) is 52.6 Å². The van der Waals surface area contributed by atoms with Crippen LogP contribution in [0.4, 0.5) is 17.1 Å². The molecule has 2 atom stereocenters. The van der Waals surface area contributed by atoms with Crippen LogP contribution in [0.5, 0.6) is 0 Å². The fraction of sp³-hybridized carbons (Fsp3) is 0.167. The molecule has 148 valence electrons. The van der Waals surface area contributed by atoms with Crippen molar-refractivity contribution >= 4 is 28.1 Å². The number of para-hydroxylation sites is 2. The van der Waals surface area contributed by atoms with E-state index in [1.54, 1.807) is 6.07 Å². The molecule has 1 heterocycles. The highest BCUT2D eigenvalue weighted by Crippen LogP contribution is 2.49. The molecule has 0 spiro atoms. The molecule has 3 aromatic carbocycles. The monoisotopic (exact) mass is 404 g/mol. The predicted octanol–water partition coefficient (Wildman–Crippen LogP) is 5.69. The van der Waals surface area contributed by atoms with Crippen molar-refractivity contribution in [3.8, 4) is 0 Å². The number of anilines is 3. The van der Waals surface area contributed by atoms with Crippen molar-refractivity contribution in [2.24, 2.45) is 0 Å². The van der Waals surface area contributed by atoms with Crippen LogP contribution < -0.4 is 10.2 Å². The fourth-order valence-corrected chi connectivity index (χ4v) is 4.37. The van der Waals surface area contributed by atoms with Crippen molar-refractivity contribution < 1.29 is 8.76 Å². The van der Waals surface area contributed by atoms with Crippen LogP contribution >= 0.6 is 0 Å². The van der Waals surface area contributed by atoms with Gasteiger partial charge in [-0.25, -0.2) is 4.21 Å². The van der Waals surface area contributed by atoms with E-state index < -0.39 is 11.1 Å². The second-order valence-electron chi connectivity index (χ2n) is 7.67. The molecule has 0 radical (unpaired) electrons. The maximum atomic E-state index is 11.6. The Morgan fingerprint density at radius 2 is 1.66 bits per heavy atom. The van der Waals surface area contributed by atoms with Gasteiger partial charge in [0.15, 0.2) is 11.1 Å². The number of benzene rings is 3. The van der Waals surface area contributed by atoms with Gasteiger partial charge in [-0.1, -0.05) is 50.2 Å². The van der Waals surface area contributed by atoms with Gasteiger partial charge in [-0.2, -0.15) is 0 Å². The van der Waals surface area contributed by atoms with Crippen LogP contribution in [0.15, 0.2) is 96.0 Å². The van der Waals surface area contributed by atoms with E-state index in [1.807, 2.05) is 66.9 Å². The summed E-state index contributed by atoms with van der Waals surface area (Å²) in [5, 5.41) is 3.34. The first-order chi connectivity index (χ1) is 14.0. The molecule has 0 aromatic heterocycles. The van der Waals surface area contributed by atoms with Gasteiger partial charge in [0.2, 0.25) is 0 Å². The summed E-state index contributed by atoms with van der Waals surface area (Å²) in [6.45, 7) is 4.35. The minimum absolute atomic E-state index is 0.0403. The first-order valence-electron chi connectivity index (χ1n) is 9.56. The Labute approximate surface area is 174 Å². The predicted molar refractivity (Wildman–Crippen MR) is 120 cm³/mol. The summed E-state index contributed by atoms with van der Waals surface area (Å²) in [5.74, 6) is 0. The number of nitrogens with one attached hydrogen (secondary N) is 1. The third-order valence-electron chi connectivity index (χ3n) is 5.48. The molecule has 4 rings (SSSR count). The van der Waals surface area contributed by atoms with E-state index in [9.17, 15) is 8.76 Å². The number of hydrogen-bond acceptors (Lipinski definition) is 3. The SMILES string of the molecule is CC1(C)c2cc(S(=O)O)ccc2N(c2ccccc2)C1/C=C/Nc1ccccc1. The van der Waals surface area contributed by atoms with Gasteiger partial charge in [-0.15, -0.1) is 0 Å². The van der Waals surface area contributed by atoms with E-state index in [0.29, 0.717) is 4.90 Å². The Kier molecular flexibility index (Phi) is 5.26. The second kappa shape index (κ2) is 7.85. The Balaban J connectivity index is 1.76. The molecular formula is C24H24N2O2S. The van der Waals surface area contributed by atoms with Crippen LogP contribution in [-0.4, -0.2) is 14.8 Å². The van der Waals surface area contributed by atoms with Gasteiger partial charge in [0.05, 0.1) is 10.9 Å². The summed E-state index contributed by atoms with van der Waals surface area (Å²) in [7, 11) is 0. The lowest BCUT2D eigenvalue weighted by Crippen LogP contribution is -2.37. The van der Waals surface area contributed by atoms with Gasteiger partial charge < -0.3 is 14.8 Å². The average molecular weight is 405 g/mol. The van der Waals surface area contributed by atoms with Crippen LogP contribution in [0.3, 0.4) is 0 Å². The molecule has 4 nitrogen and oxygen atoms in total. The van der Waals surface area contributed by atoms with Crippen molar-refractivity contribution in [1.29, 1.82) is 0 Å². The van der Waals surface area contributed by atoms with E-state index in [-0.39, 0.29) is 11.5 Å². The van der Waals surface area contributed by atoms with Crippen molar-refractivity contribution in [2.45, 2.75) is 30.2 Å². The van der Waals surface area contributed by atoms with Crippen LogP contribution in [0.1, 0.15) is 19.4 Å². The number of hydrogen-bond donors (Lipinski definition) is 2. The largest absolute Gasteiger partial charge is 0.362 e. The normalized spacial score (nSPS) is 18.6. The molecule has 1 aliphatic rings. The molecule has 3 aromatic rings. The maximum absolute atomic E-state index is 11.6. The van der Waals surface area contributed by atoms with Crippen LogP contribution in [0.2, 0.25) is 0 Å². The molecule has 1 aliphatic heterocycles. The van der Waals surface area contributed by atoms with E-state index in [4.69, 9.17) is 0 Å². The molecule has 2 N–H and O–H groups in total. The van der Waals surface area contributed by atoms with Crippen molar-refractivity contribution in [3.05, 3.63) is 96.7 Å². The highest BCUT2D eigenvalue weighted by atomic mass is 32.2. The third-order valence-corrected chi connectivity index (χ3v) is 6.13. The van der Waals surface area contributed by atoms with E-state index in [1.165, 1.54) is 0 Å².